The number of nitrogens with one attached hydrogen (secondary N) is 1. The first kappa shape index (κ1) is 10.8. The summed E-state index contributed by atoms with van der Waals surface area (Å²) in [7, 11) is 0. The van der Waals surface area contributed by atoms with E-state index in [0.29, 0.717) is 5.92 Å². The number of hydrogen-bond acceptors (Lipinski definition) is 2. The molecule has 17 heavy (non-hydrogen) atoms. The molecule has 1 saturated heterocycles. The van der Waals surface area contributed by atoms with E-state index in [1.807, 2.05) is 30.3 Å². The molecular formula is C14H18N2O. The van der Waals surface area contributed by atoms with Crippen LogP contribution in [0.1, 0.15) is 23.2 Å². The Morgan fingerprint density at radius 3 is 2.59 bits per heavy atom. The Hall–Kier alpha value is -1.35. The predicted octanol–water partition coefficient (Wildman–Crippen LogP) is 1.51. The number of likely N-dealkylation sites (tertiary alicyclic amines) is 1. The molecule has 90 valence electrons. The summed E-state index contributed by atoms with van der Waals surface area (Å²) in [6.45, 7) is 3.15. The van der Waals surface area contributed by atoms with Gasteiger partial charge in [0, 0.05) is 37.2 Å². The van der Waals surface area contributed by atoms with E-state index in [-0.39, 0.29) is 5.91 Å². The normalized spacial score (nSPS) is 20.9. The summed E-state index contributed by atoms with van der Waals surface area (Å²) in [5.74, 6) is 0.707. The van der Waals surface area contributed by atoms with E-state index >= 15 is 0 Å². The standard InChI is InChI=1S/C14H18N2O/c17-14(12-4-2-1-3-5-12)15-8-11-9-16(10-11)13-6-7-13/h1-5,11,13H,6-10H2,(H,15,17). The van der Waals surface area contributed by atoms with Crippen molar-refractivity contribution in [2.45, 2.75) is 18.9 Å². The molecule has 0 spiro atoms. The third-order valence-corrected chi connectivity index (χ3v) is 3.64. The highest BCUT2D eigenvalue weighted by atomic mass is 16.1. The zero-order chi connectivity index (χ0) is 11.7. The maximum atomic E-state index is 11.8. The average molecular weight is 230 g/mol. The van der Waals surface area contributed by atoms with Gasteiger partial charge >= 0.3 is 0 Å². The molecule has 3 nitrogen and oxygen atoms in total. The maximum absolute atomic E-state index is 11.8. The van der Waals surface area contributed by atoms with E-state index in [9.17, 15) is 4.79 Å². The van der Waals surface area contributed by atoms with E-state index in [4.69, 9.17) is 0 Å². The minimum Gasteiger partial charge on any atom is -0.352 e. The molecule has 2 aliphatic rings. The maximum Gasteiger partial charge on any atom is 0.251 e. The van der Waals surface area contributed by atoms with Crippen LogP contribution < -0.4 is 5.32 Å². The van der Waals surface area contributed by atoms with Crippen molar-refractivity contribution >= 4 is 5.91 Å². The lowest BCUT2D eigenvalue weighted by molar-refractivity contribution is 0.0797. The number of amides is 1. The fraction of sp³-hybridized carbons (Fsp3) is 0.500. The van der Waals surface area contributed by atoms with Crippen LogP contribution in [0, 0.1) is 5.92 Å². The van der Waals surface area contributed by atoms with Gasteiger partial charge in [-0.05, 0) is 25.0 Å². The van der Waals surface area contributed by atoms with Crippen LogP contribution in [0.15, 0.2) is 30.3 Å². The van der Waals surface area contributed by atoms with E-state index < -0.39 is 0 Å². The van der Waals surface area contributed by atoms with Crippen LogP contribution in [0.2, 0.25) is 0 Å². The SMILES string of the molecule is O=C(NCC1CN(C2CC2)C1)c1ccccc1. The number of benzene rings is 1. The fourth-order valence-corrected chi connectivity index (χ4v) is 2.41. The van der Waals surface area contributed by atoms with Gasteiger partial charge in [0.1, 0.15) is 0 Å². The zero-order valence-corrected chi connectivity index (χ0v) is 9.93. The first-order valence-electron chi connectivity index (χ1n) is 6.40. The molecule has 1 aliphatic carbocycles. The minimum atomic E-state index is 0.0514. The minimum absolute atomic E-state index is 0.0514. The predicted molar refractivity (Wildman–Crippen MR) is 66.9 cm³/mol. The van der Waals surface area contributed by atoms with E-state index in [0.717, 1.165) is 18.2 Å². The number of rotatable bonds is 4. The van der Waals surface area contributed by atoms with Crippen LogP contribution in [0.3, 0.4) is 0 Å². The Labute approximate surface area is 102 Å². The van der Waals surface area contributed by atoms with Gasteiger partial charge in [-0.15, -0.1) is 0 Å². The summed E-state index contributed by atoms with van der Waals surface area (Å²) in [6, 6.07) is 10.3. The number of hydrogen-bond donors (Lipinski definition) is 1. The second-order valence-corrected chi connectivity index (χ2v) is 5.13. The van der Waals surface area contributed by atoms with Crippen LogP contribution in [-0.2, 0) is 0 Å². The molecule has 1 N–H and O–H groups in total. The largest absolute Gasteiger partial charge is 0.352 e. The van der Waals surface area contributed by atoms with Crippen molar-refractivity contribution in [1.29, 1.82) is 0 Å². The van der Waals surface area contributed by atoms with Crippen molar-refractivity contribution < 1.29 is 4.79 Å². The summed E-state index contributed by atoms with van der Waals surface area (Å²) in [6.07, 6.45) is 2.76. The lowest BCUT2D eigenvalue weighted by Crippen LogP contribution is -2.52. The van der Waals surface area contributed by atoms with E-state index in [2.05, 4.69) is 10.2 Å². The topological polar surface area (TPSA) is 32.3 Å². The second-order valence-electron chi connectivity index (χ2n) is 5.13. The third kappa shape index (κ3) is 2.50. The Morgan fingerprint density at radius 2 is 1.94 bits per heavy atom. The number of carbonyl (C=O) groups is 1. The second kappa shape index (κ2) is 4.49. The Balaban J connectivity index is 1.41. The number of nitrogens with zero attached hydrogens (tertiary/aromatic N) is 1. The van der Waals surface area contributed by atoms with Gasteiger partial charge in [0.05, 0.1) is 0 Å². The van der Waals surface area contributed by atoms with Gasteiger partial charge in [0.2, 0.25) is 0 Å². The Morgan fingerprint density at radius 1 is 1.24 bits per heavy atom. The van der Waals surface area contributed by atoms with Gasteiger partial charge < -0.3 is 5.32 Å². The van der Waals surface area contributed by atoms with Crippen molar-refractivity contribution in [1.82, 2.24) is 10.2 Å². The summed E-state index contributed by atoms with van der Waals surface area (Å²) in [5, 5.41) is 3.02. The molecule has 1 aromatic carbocycles. The molecule has 1 aliphatic heterocycles. The lowest BCUT2D eigenvalue weighted by atomic mass is 10.00. The van der Waals surface area contributed by atoms with Crippen LogP contribution in [0.5, 0.6) is 0 Å². The van der Waals surface area contributed by atoms with Crippen LogP contribution in [0.4, 0.5) is 0 Å². The van der Waals surface area contributed by atoms with Gasteiger partial charge in [-0.3, -0.25) is 9.69 Å². The zero-order valence-electron chi connectivity index (χ0n) is 9.93. The number of carbonyl (C=O) groups excluding carboxylic acids is 1. The molecule has 3 heteroatoms. The van der Waals surface area contributed by atoms with Gasteiger partial charge in [-0.1, -0.05) is 18.2 Å². The molecule has 0 radical (unpaired) electrons. The first-order chi connectivity index (χ1) is 8.33. The third-order valence-electron chi connectivity index (χ3n) is 3.64. The highest BCUT2D eigenvalue weighted by Gasteiger charge is 2.37. The van der Waals surface area contributed by atoms with Gasteiger partial charge in [0.25, 0.3) is 5.91 Å². The summed E-state index contributed by atoms with van der Waals surface area (Å²) in [5.41, 5.74) is 0.755. The molecule has 3 rings (SSSR count). The Kier molecular flexibility index (Phi) is 2.85. The summed E-state index contributed by atoms with van der Waals surface area (Å²) >= 11 is 0. The smallest absolute Gasteiger partial charge is 0.251 e. The van der Waals surface area contributed by atoms with Gasteiger partial charge in [0.15, 0.2) is 0 Å². The van der Waals surface area contributed by atoms with Crippen molar-refractivity contribution in [3.05, 3.63) is 35.9 Å². The monoisotopic (exact) mass is 230 g/mol. The molecule has 1 saturated carbocycles. The molecule has 1 amide bonds. The summed E-state index contributed by atoms with van der Waals surface area (Å²) in [4.78, 5) is 14.3. The van der Waals surface area contributed by atoms with Gasteiger partial charge in [-0.2, -0.15) is 0 Å². The average Bonchev–Trinajstić information content (AvgIpc) is 3.12. The van der Waals surface area contributed by atoms with E-state index in [1.54, 1.807) is 0 Å². The highest BCUT2D eigenvalue weighted by Crippen LogP contribution is 2.32. The molecular weight excluding hydrogens is 212 g/mol. The quantitative estimate of drug-likeness (QED) is 0.850. The highest BCUT2D eigenvalue weighted by molar-refractivity contribution is 5.94. The molecule has 0 unspecified atom stereocenters. The lowest BCUT2D eigenvalue weighted by Gasteiger charge is -2.39. The molecule has 0 atom stereocenters. The molecule has 1 heterocycles. The molecule has 0 aromatic heterocycles. The van der Waals surface area contributed by atoms with Gasteiger partial charge in [-0.25, -0.2) is 0 Å². The van der Waals surface area contributed by atoms with Crippen LogP contribution in [0.25, 0.3) is 0 Å². The van der Waals surface area contributed by atoms with Crippen molar-refractivity contribution in [2.75, 3.05) is 19.6 Å². The molecule has 1 aromatic rings. The molecule has 2 fully saturated rings. The first-order valence-corrected chi connectivity index (χ1v) is 6.40. The van der Waals surface area contributed by atoms with Crippen molar-refractivity contribution in [3.8, 4) is 0 Å². The fourth-order valence-electron chi connectivity index (χ4n) is 2.41. The van der Waals surface area contributed by atoms with Crippen molar-refractivity contribution in [2.24, 2.45) is 5.92 Å². The van der Waals surface area contributed by atoms with Crippen LogP contribution >= 0.6 is 0 Å². The van der Waals surface area contributed by atoms with E-state index in [1.165, 1.54) is 25.9 Å². The van der Waals surface area contributed by atoms with Crippen LogP contribution in [-0.4, -0.2) is 36.5 Å². The molecule has 0 bridgehead atoms. The van der Waals surface area contributed by atoms with Crippen molar-refractivity contribution in [3.63, 3.8) is 0 Å². The Bertz CT molecular complexity index is 394. The summed E-state index contributed by atoms with van der Waals surface area (Å²) < 4.78 is 0.